The maximum absolute atomic E-state index is 11.6. The van der Waals surface area contributed by atoms with Gasteiger partial charge in [-0.25, -0.2) is 0 Å². The highest BCUT2D eigenvalue weighted by Crippen LogP contribution is 2.07. The molecule has 2 aromatic rings. The van der Waals surface area contributed by atoms with Crippen LogP contribution in [0.25, 0.3) is 0 Å². The molecule has 0 spiro atoms. The second-order valence-electron chi connectivity index (χ2n) is 4.19. The zero-order valence-corrected chi connectivity index (χ0v) is 10.7. The summed E-state index contributed by atoms with van der Waals surface area (Å²) in [7, 11) is 0. The number of nitrogens with one attached hydrogen (secondary N) is 1. The SMILES string of the molecule is O=C(COc1ccccc1)NCCc1ccccc1. The quantitative estimate of drug-likeness (QED) is 0.861. The third-order valence-electron chi connectivity index (χ3n) is 2.69. The fourth-order valence-electron chi connectivity index (χ4n) is 1.71. The van der Waals surface area contributed by atoms with Crippen LogP contribution in [0.4, 0.5) is 0 Å². The van der Waals surface area contributed by atoms with Crippen LogP contribution in [0.1, 0.15) is 5.56 Å². The van der Waals surface area contributed by atoms with Crippen molar-refractivity contribution in [1.29, 1.82) is 0 Å². The van der Waals surface area contributed by atoms with Gasteiger partial charge >= 0.3 is 0 Å². The Morgan fingerprint density at radius 1 is 0.947 bits per heavy atom. The number of hydrogen-bond acceptors (Lipinski definition) is 2. The van der Waals surface area contributed by atoms with Gasteiger partial charge in [0, 0.05) is 6.54 Å². The van der Waals surface area contributed by atoms with Crippen molar-refractivity contribution in [2.45, 2.75) is 6.42 Å². The van der Waals surface area contributed by atoms with Crippen LogP contribution in [-0.2, 0) is 11.2 Å². The van der Waals surface area contributed by atoms with E-state index >= 15 is 0 Å². The van der Waals surface area contributed by atoms with Gasteiger partial charge in [0.2, 0.25) is 0 Å². The number of amides is 1. The first-order valence-electron chi connectivity index (χ1n) is 6.33. The number of ether oxygens (including phenoxy) is 1. The summed E-state index contributed by atoms with van der Waals surface area (Å²) >= 11 is 0. The lowest BCUT2D eigenvalue weighted by Crippen LogP contribution is -2.30. The van der Waals surface area contributed by atoms with Gasteiger partial charge in [-0.05, 0) is 24.1 Å². The van der Waals surface area contributed by atoms with Gasteiger partial charge in [-0.1, -0.05) is 48.5 Å². The van der Waals surface area contributed by atoms with Crippen LogP contribution in [0.3, 0.4) is 0 Å². The third kappa shape index (κ3) is 4.84. The lowest BCUT2D eigenvalue weighted by molar-refractivity contribution is -0.123. The van der Waals surface area contributed by atoms with Gasteiger partial charge in [0.1, 0.15) is 5.75 Å². The topological polar surface area (TPSA) is 38.3 Å². The zero-order chi connectivity index (χ0) is 13.3. The molecule has 1 N–H and O–H groups in total. The van der Waals surface area contributed by atoms with E-state index < -0.39 is 0 Å². The van der Waals surface area contributed by atoms with Crippen LogP contribution in [0, 0.1) is 0 Å². The maximum atomic E-state index is 11.6. The highest BCUT2D eigenvalue weighted by Gasteiger charge is 2.01. The summed E-state index contributed by atoms with van der Waals surface area (Å²) in [5.41, 5.74) is 1.21. The van der Waals surface area contributed by atoms with Gasteiger partial charge in [0.05, 0.1) is 0 Å². The Hall–Kier alpha value is -2.29. The Bertz CT molecular complexity index is 497. The molecule has 0 bridgehead atoms. The smallest absolute Gasteiger partial charge is 0.257 e. The van der Waals surface area contributed by atoms with E-state index in [0.29, 0.717) is 12.3 Å². The molecule has 0 atom stereocenters. The first kappa shape index (κ1) is 13.1. The summed E-state index contributed by atoms with van der Waals surface area (Å²) in [6.07, 6.45) is 0.831. The van der Waals surface area contributed by atoms with Crippen LogP contribution in [0.2, 0.25) is 0 Å². The molecule has 2 aromatic carbocycles. The van der Waals surface area contributed by atoms with Gasteiger partial charge < -0.3 is 10.1 Å². The molecule has 0 aromatic heterocycles. The molecule has 3 heteroatoms. The average Bonchev–Trinajstić information content (AvgIpc) is 2.47. The summed E-state index contributed by atoms with van der Waals surface area (Å²) in [4.78, 5) is 11.6. The Kier molecular flexibility index (Phi) is 4.99. The number of carbonyl (C=O) groups is 1. The second kappa shape index (κ2) is 7.21. The van der Waals surface area contributed by atoms with Crippen molar-refractivity contribution in [3.05, 3.63) is 66.2 Å². The van der Waals surface area contributed by atoms with E-state index in [4.69, 9.17) is 4.74 Å². The number of hydrogen-bond donors (Lipinski definition) is 1. The number of rotatable bonds is 6. The molecular formula is C16H17NO2. The van der Waals surface area contributed by atoms with Gasteiger partial charge in [0.15, 0.2) is 6.61 Å². The van der Waals surface area contributed by atoms with Crippen molar-refractivity contribution < 1.29 is 9.53 Å². The van der Waals surface area contributed by atoms with Crippen LogP contribution in [-0.4, -0.2) is 19.1 Å². The number of para-hydroxylation sites is 1. The van der Waals surface area contributed by atoms with Crippen LogP contribution >= 0.6 is 0 Å². The summed E-state index contributed by atoms with van der Waals surface area (Å²) in [6, 6.07) is 19.4. The Labute approximate surface area is 113 Å². The van der Waals surface area contributed by atoms with E-state index in [9.17, 15) is 4.79 Å². The zero-order valence-electron chi connectivity index (χ0n) is 10.7. The number of benzene rings is 2. The van der Waals surface area contributed by atoms with Crippen LogP contribution < -0.4 is 10.1 Å². The fraction of sp³-hybridized carbons (Fsp3) is 0.188. The van der Waals surface area contributed by atoms with Crippen molar-refractivity contribution in [2.24, 2.45) is 0 Å². The maximum Gasteiger partial charge on any atom is 0.257 e. The van der Waals surface area contributed by atoms with Crippen molar-refractivity contribution in [2.75, 3.05) is 13.2 Å². The molecule has 1 amide bonds. The van der Waals surface area contributed by atoms with E-state index in [1.807, 2.05) is 60.7 Å². The minimum Gasteiger partial charge on any atom is -0.484 e. The van der Waals surface area contributed by atoms with Gasteiger partial charge in [0.25, 0.3) is 5.91 Å². The predicted molar refractivity (Wildman–Crippen MR) is 75.1 cm³/mol. The first-order chi connectivity index (χ1) is 9.34. The molecule has 0 saturated heterocycles. The van der Waals surface area contributed by atoms with E-state index in [1.165, 1.54) is 5.56 Å². The van der Waals surface area contributed by atoms with Crippen LogP contribution in [0.15, 0.2) is 60.7 Å². The monoisotopic (exact) mass is 255 g/mol. The third-order valence-corrected chi connectivity index (χ3v) is 2.69. The predicted octanol–water partition coefficient (Wildman–Crippen LogP) is 2.42. The van der Waals surface area contributed by atoms with Crippen molar-refractivity contribution in [3.63, 3.8) is 0 Å². The molecule has 0 radical (unpaired) electrons. The summed E-state index contributed by atoms with van der Waals surface area (Å²) < 4.78 is 5.36. The molecular weight excluding hydrogens is 238 g/mol. The molecule has 0 aliphatic rings. The molecule has 19 heavy (non-hydrogen) atoms. The van der Waals surface area contributed by atoms with Gasteiger partial charge in [-0.15, -0.1) is 0 Å². The second-order valence-corrected chi connectivity index (χ2v) is 4.19. The Morgan fingerprint density at radius 2 is 1.58 bits per heavy atom. The van der Waals surface area contributed by atoms with E-state index in [2.05, 4.69) is 5.32 Å². The fourth-order valence-corrected chi connectivity index (χ4v) is 1.71. The molecule has 0 unspecified atom stereocenters. The van der Waals surface area contributed by atoms with E-state index in [1.54, 1.807) is 0 Å². The molecule has 0 heterocycles. The molecule has 98 valence electrons. The molecule has 0 aliphatic carbocycles. The summed E-state index contributed by atoms with van der Waals surface area (Å²) in [6.45, 7) is 0.680. The summed E-state index contributed by atoms with van der Waals surface area (Å²) in [5.74, 6) is 0.612. The molecule has 3 nitrogen and oxygen atoms in total. The van der Waals surface area contributed by atoms with Crippen molar-refractivity contribution in [3.8, 4) is 5.75 Å². The Balaban J connectivity index is 1.65. The van der Waals surface area contributed by atoms with E-state index in [-0.39, 0.29) is 12.5 Å². The van der Waals surface area contributed by atoms with Crippen molar-refractivity contribution in [1.82, 2.24) is 5.32 Å². The van der Waals surface area contributed by atoms with Gasteiger partial charge in [-0.2, -0.15) is 0 Å². The molecule has 2 rings (SSSR count). The first-order valence-corrected chi connectivity index (χ1v) is 6.33. The normalized spacial score (nSPS) is 9.89. The highest BCUT2D eigenvalue weighted by molar-refractivity contribution is 5.77. The lowest BCUT2D eigenvalue weighted by atomic mass is 10.1. The highest BCUT2D eigenvalue weighted by atomic mass is 16.5. The molecule has 0 saturated carbocycles. The Morgan fingerprint density at radius 3 is 2.26 bits per heavy atom. The minimum absolute atomic E-state index is 0.0544. The van der Waals surface area contributed by atoms with Gasteiger partial charge in [-0.3, -0.25) is 4.79 Å². The standard InChI is InChI=1S/C16H17NO2/c18-16(13-19-15-9-5-2-6-10-15)17-12-11-14-7-3-1-4-8-14/h1-10H,11-13H2,(H,17,18). The van der Waals surface area contributed by atoms with Crippen LogP contribution in [0.5, 0.6) is 5.75 Å². The van der Waals surface area contributed by atoms with Crippen molar-refractivity contribution >= 4 is 5.91 Å². The lowest BCUT2D eigenvalue weighted by Gasteiger charge is -2.07. The molecule has 0 aliphatic heterocycles. The minimum atomic E-state index is -0.0974. The van der Waals surface area contributed by atoms with E-state index in [0.717, 1.165) is 6.42 Å². The molecule has 0 fully saturated rings. The largest absolute Gasteiger partial charge is 0.484 e. The number of carbonyl (C=O) groups excluding carboxylic acids is 1. The average molecular weight is 255 g/mol. The summed E-state index contributed by atoms with van der Waals surface area (Å²) in [5, 5.41) is 2.84.